The van der Waals surface area contributed by atoms with Gasteiger partial charge in [0.05, 0.1) is 16.9 Å². The average molecular weight is 245 g/mol. The summed E-state index contributed by atoms with van der Waals surface area (Å²) in [7, 11) is 0. The van der Waals surface area contributed by atoms with Crippen LogP contribution in [0, 0.1) is 5.82 Å². The van der Waals surface area contributed by atoms with E-state index in [1.807, 2.05) is 0 Å². The lowest BCUT2D eigenvalue weighted by atomic mass is 10.2. The molecule has 0 fully saturated rings. The van der Waals surface area contributed by atoms with Crippen LogP contribution in [0.25, 0.3) is 5.69 Å². The van der Waals surface area contributed by atoms with E-state index in [0.29, 0.717) is 10.6 Å². The number of alkyl halides is 1. The number of nitrogens with zero attached hydrogens (tertiary/aromatic N) is 2. The van der Waals surface area contributed by atoms with Crippen LogP contribution in [0.2, 0.25) is 5.02 Å². The fourth-order valence-corrected chi connectivity index (χ4v) is 1.67. The highest BCUT2D eigenvalue weighted by Gasteiger charge is 2.06. The van der Waals surface area contributed by atoms with Gasteiger partial charge in [0.1, 0.15) is 5.82 Å². The molecule has 2 aromatic rings. The second kappa shape index (κ2) is 4.21. The highest BCUT2D eigenvalue weighted by Crippen LogP contribution is 2.19. The van der Waals surface area contributed by atoms with E-state index in [-0.39, 0.29) is 11.7 Å². The molecule has 2 nitrogen and oxygen atoms in total. The van der Waals surface area contributed by atoms with Crippen molar-refractivity contribution in [3.63, 3.8) is 0 Å². The second-order valence-electron chi connectivity index (χ2n) is 3.01. The first-order valence-electron chi connectivity index (χ1n) is 4.25. The molecule has 0 unspecified atom stereocenters. The van der Waals surface area contributed by atoms with Gasteiger partial charge >= 0.3 is 0 Å². The number of hydrogen-bond acceptors (Lipinski definition) is 1. The van der Waals surface area contributed by atoms with E-state index in [4.69, 9.17) is 23.2 Å². The van der Waals surface area contributed by atoms with Crippen LogP contribution in [0.3, 0.4) is 0 Å². The molecule has 0 atom stereocenters. The summed E-state index contributed by atoms with van der Waals surface area (Å²) in [6.45, 7) is 0. The van der Waals surface area contributed by atoms with Crippen LogP contribution in [-0.4, -0.2) is 9.78 Å². The largest absolute Gasteiger partial charge is 0.239 e. The molecule has 2 rings (SSSR count). The van der Waals surface area contributed by atoms with Crippen molar-refractivity contribution >= 4 is 23.2 Å². The summed E-state index contributed by atoms with van der Waals surface area (Å²) >= 11 is 11.5. The summed E-state index contributed by atoms with van der Waals surface area (Å²) in [5, 5.41) is 4.56. The van der Waals surface area contributed by atoms with Crippen molar-refractivity contribution < 1.29 is 4.39 Å². The molecule has 78 valence electrons. The van der Waals surface area contributed by atoms with E-state index in [2.05, 4.69) is 5.10 Å². The standard InChI is InChI=1S/C10H7Cl2FN2/c11-4-7-3-9(13)1-2-10(7)15-6-8(12)5-14-15/h1-3,5-6H,4H2. The SMILES string of the molecule is Fc1ccc(-n2cc(Cl)cn2)c(CCl)c1. The molecule has 0 radical (unpaired) electrons. The van der Waals surface area contributed by atoms with Crippen LogP contribution in [0.15, 0.2) is 30.6 Å². The highest BCUT2D eigenvalue weighted by atomic mass is 35.5. The molecular formula is C10H7Cl2FN2. The summed E-state index contributed by atoms with van der Waals surface area (Å²) in [4.78, 5) is 0. The third-order valence-corrected chi connectivity index (χ3v) is 2.47. The van der Waals surface area contributed by atoms with Crippen LogP contribution in [0.1, 0.15) is 5.56 Å². The Labute approximate surface area is 96.2 Å². The second-order valence-corrected chi connectivity index (χ2v) is 3.71. The molecular weight excluding hydrogens is 238 g/mol. The summed E-state index contributed by atoms with van der Waals surface area (Å²) in [5.74, 6) is -0.0856. The first-order valence-corrected chi connectivity index (χ1v) is 5.17. The third-order valence-electron chi connectivity index (χ3n) is 1.98. The maximum atomic E-state index is 12.9. The van der Waals surface area contributed by atoms with Gasteiger partial charge < -0.3 is 0 Å². The maximum absolute atomic E-state index is 12.9. The smallest absolute Gasteiger partial charge is 0.123 e. The third kappa shape index (κ3) is 2.13. The van der Waals surface area contributed by atoms with Crippen molar-refractivity contribution in [1.82, 2.24) is 9.78 Å². The Morgan fingerprint density at radius 1 is 1.40 bits per heavy atom. The molecule has 5 heteroatoms. The topological polar surface area (TPSA) is 17.8 Å². The molecule has 1 aromatic heterocycles. The fraction of sp³-hybridized carbons (Fsp3) is 0.100. The minimum Gasteiger partial charge on any atom is -0.239 e. The van der Waals surface area contributed by atoms with E-state index in [0.717, 1.165) is 5.69 Å². The number of benzene rings is 1. The zero-order valence-corrected chi connectivity index (χ0v) is 9.13. The lowest BCUT2D eigenvalue weighted by Crippen LogP contribution is -1.99. The molecule has 15 heavy (non-hydrogen) atoms. The van der Waals surface area contributed by atoms with Gasteiger partial charge in [-0.2, -0.15) is 5.10 Å². The van der Waals surface area contributed by atoms with Crippen molar-refractivity contribution in [2.24, 2.45) is 0 Å². The van der Waals surface area contributed by atoms with Gasteiger partial charge in [0.2, 0.25) is 0 Å². The minimum absolute atomic E-state index is 0.227. The van der Waals surface area contributed by atoms with E-state index in [1.165, 1.54) is 18.3 Å². The van der Waals surface area contributed by atoms with Gasteiger partial charge in [0.25, 0.3) is 0 Å². The predicted molar refractivity (Wildman–Crippen MR) is 58.1 cm³/mol. The number of halogens is 3. The Morgan fingerprint density at radius 2 is 2.20 bits per heavy atom. The van der Waals surface area contributed by atoms with Gasteiger partial charge in [-0.25, -0.2) is 9.07 Å². The minimum atomic E-state index is -0.312. The van der Waals surface area contributed by atoms with Crippen LogP contribution >= 0.6 is 23.2 Å². The number of hydrogen-bond donors (Lipinski definition) is 0. The lowest BCUT2D eigenvalue weighted by molar-refractivity contribution is 0.625. The zero-order chi connectivity index (χ0) is 10.8. The summed E-state index contributed by atoms with van der Waals surface area (Å²) < 4.78 is 14.5. The monoisotopic (exact) mass is 244 g/mol. The molecule has 1 aromatic carbocycles. The van der Waals surface area contributed by atoms with Gasteiger partial charge in [0, 0.05) is 12.1 Å². The first-order chi connectivity index (χ1) is 7.20. The van der Waals surface area contributed by atoms with E-state index in [9.17, 15) is 4.39 Å². The molecule has 0 aliphatic carbocycles. The van der Waals surface area contributed by atoms with Crippen molar-refractivity contribution in [2.75, 3.05) is 0 Å². The summed E-state index contributed by atoms with van der Waals surface area (Å²) in [6.07, 6.45) is 3.16. The van der Waals surface area contributed by atoms with Gasteiger partial charge in [-0.3, -0.25) is 0 Å². The maximum Gasteiger partial charge on any atom is 0.123 e. The van der Waals surface area contributed by atoms with Gasteiger partial charge in [-0.15, -0.1) is 11.6 Å². The van der Waals surface area contributed by atoms with Crippen molar-refractivity contribution in [3.05, 3.63) is 47.0 Å². The Balaban J connectivity index is 2.52. The molecule has 0 spiro atoms. The Kier molecular flexibility index (Phi) is 2.93. The molecule has 0 aliphatic heterocycles. The van der Waals surface area contributed by atoms with E-state index < -0.39 is 0 Å². The summed E-state index contributed by atoms with van der Waals surface area (Å²) in [5.41, 5.74) is 1.41. The van der Waals surface area contributed by atoms with Crippen molar-refractivity contribution in [3.8, 4) is 5.69 Å². The molecule has 0 N–H and O–H groups in total. The predicted octanol–water partition coefficient (Wildman–Crippen LogP) is 3.40. The normalized spacial score (nSPS) is 10.6. The molecule has 0 saturated carbocycles. The molecule has 0 saturated heterocycles. The highest BCUT2D eigenvalue weighted by molar-refractivity contribution is 6.30. The van der Waals surface area contributed by atoms with Crippen LogP contribution in [0.5, 0.6) is 0 Å². The van der Waals surface area contributed by atoms with E-state index in [1.54, 1.807) is 16.9 Å². The van der Waals surface area contributed by atoms with E-state index >= 15 is 0 Å². The average Bonchev–Trinajstić information content (AvgIpc) is 2.64. The molecule has 0 bridgehead atoms. The van der Waals surface area contributed by atoms with Gasteiger partial charge in [-0.05, 0) is 23.8 Å². The Morgan fingerprint density at radius 3 is 2.80 bits per heavy atom. The van der Waals surface area contributed by atoms with Crippen molar-refractivity contribution in [1.29, 1.82) is 0 Å². The van der Waals surface area contributed by atoms with Gasteiger partial charge in [-0.1, -0.05) is 11.6 Å². The molecule has 0 aliphatic rings. The zero-order valence-electron chi connectivity index (χ0n) is 7.62. The molecule has 1 heterocycles. The van der Waals surface area contributed by atoms with Crippen LogP contribution < -0.4 is 0 Å². The van der Waals surface area contributed by atoms with Gasteiger partial charge in [0.15, 0.2) is 0 Å². The fourth-order valence-electron chi connectivity index (χ4n) is 1.32. The number of rotatable bonds is 2. The quantitative estimate of drug-likeness (QED) is 0.741. The first kappa shape index (κ1) is 10.5. The van der Waals surface area contributed by atoms with Crippen molar-refractivity contribution in [2.45, 2.75) is 5.88 Å². The number of aromatic nitrogens is 2. The Bertz CT molecular complexity index is 482. The van der Waals surface area contributed by atoms with Crippen LogP contribution in [-0.2, 0) is 5.88 Å². The Hall–Kier alpha value is -1.06. The molecule has 0 amide bonds. The lowest BCUT2D eigenvalue weighted by Gasteiger charge is -2.06. The summed E-state index contributed by atoms with van der Waals surface area (Å²) in [6, 6.07) is 4.37. The van der Waals surface area contributed by atoms with Crippen LogP contribution in [0.4, 0.5) is 4.39 Å².